The molecule has 18 aromatic carbocycles. The van der Waals surface area contributed by atoms with E-state index < -0.39 is 0 Å². The van der Waals surface area contributed by atoms with Gasteiger partial charge in [0, 0.05) is 185 Å². The third kappa shape index (κ3) is 11.4. The molecule has 3 radical (unpaired) electrons. The van der Waals surface area contributed by atoms with Gasteiger partial charge in [-0.25, -0.2) is 0 Å². The van der Waals surface area contributed by atoms with Gasteiger partial charge in [0.1, 0.15) is 0 Å². The molecule has 3 nitrogen and oxygen atoms in total. The number of nitrogens with zero attached hydrogens (tertiary/aromatic N) is 3. The zero-order chi connectivity index (χ0) is 65.1. The molecule has 0 bridgehead atoms. The summed E-state index contributed by atoms with van der Waals surface area (Å²) in [6.07, 6.45) is 0. The van der Waals surface area contributed by atoms with Crippen LogP contribution in [0.2, 0.25) is 0 Å². The smallest absolute Gasteiger partial charge is 0.0495 e. The minimum atomic E-state index is 0. The van der Waals surface area contributed by atoms with Crippen LogP contribution in [0.4, 0.5) is 0 Å². The Kier molecular flexibility index (Phi) is 17.9. The predicted octanol–water partition coefficient (Wildman–Crippen LogP) is 25.3. The first-order chi connectivity index (χ1) is 48.3. The van der Waals surface area contributed by atoms with Crippen LogP contribution in [0.1, 0.15) is 0 Å². The summed E-state index contributed by atoms with van der Waals surface area (Å²) in [5, 5.41) is 28.1. The Hall–Kier alpha value is -9.25. The molecule has 21 rings (SSSR count). The molecule has 469 valence electrons. The summed E-state index contributed by atoms with van der Waals surface area (Å²) in [6, 6.07) is 126. The van der Waals surface area contributed by atoms with Crippen molar-refractivity contribution in [3.05, 3.63) is 340 Å². The fraction of sp³-hybridized carbons (Fsp3) is 0.0316. The topological polar surface area (TPSA) is 14.8 Å². The maximum atomic E-state index is 3.61. The second-order valence-corrected chi connectivity index (χ2v) is 26.2. The van der Waals surface area contributed by atoms with Gasteiger partial charge in [-0.2, -0.15) is 48.5 Å². The van der Waals surface area contributed by atoms with E-state index in [0.29, 0.717) is 0 Å². The summed E-state index contributed by atoms with van der Waals surface area (Å²) in [5.41, 5.74) is 17.6. The average Bonchev–Trinajstić information content (AvgIpc) is 1.66. The molecule has 3 aromatic heterocycles. The van der Waals surface area contributed by atoms with E-state index in [1.807, 2.05) is 18.2 Å². The Morgan fingerprint density at radius 3 is 1.08 bits per heavy atom. The molecule has 0 saturated heterocycles. The minimum Gasteiger partial charge on any atom is -0.344 e. The number of aryl methyl sites for hydroxylation is 3. The maximum absolute atomic E-state index is 3.61. The number of rotatable bonds is 4. The molecule has 0 spiro atoms. The summed E-state index contributed by atoms with van der Waals surface area (Å²) in [5.74, 6) is 0. The first-order valence-corrected chi connectivity index (χ1v) is 33.7. The SMILES string of the molecule is Cn1c2ccc(-c3c4ccccc4[c-]c4ccccc34)cc2c2c3ccccc3ccc21.Cn1c2ccc(-c3ccc(-c4ccc5c[c-]ccc5c4)cc3)cc2c2c3ccccc3ccc21.Cn1c2ccc(-c3ccc4c(ccc5c[c-]ccc54)c3)cc2c2c3ccccc3ccc21.[Y].[Y].[Y]. The zero-order valence-electron chi connectivity index (χ0n) is 56.2. The quantitative estimate of drug-likeness (QED) is 0.0948. The molecule has 0 aliphatic heterocycles. The van der Waals surface area contributed by atoms with E-state index in [4.69, 9.17) is 0 Å². The molecule has 0 amide bonds. The molecule has 6 heteroatoms. The van der Waals surface area contributed by atoms with Gasteiger partial charge >= 0.3 is 0 Å². The van der Waals surface area contributed by atoms with E-state index in [-0.39, 0.29) is 98.1 Å². The van der Waals surface area contributed by atoms with Gasteiger partial charge in [-0.05, 0) is 143 Å². The van der Waals surface area contributed by atoms with Crippen LogP contribution in [0, 0.1) is 18.2 Å². The maximum Gasteiger partial charge on any atom is 0.0495 e. The monoisotopic (exact) mass is 1510 g/mol. The first kappa shape index (κ1) is 66.3. The van der Waals surface area contributed by atoms with Crippen molar-refractivity contribution in [1.29, 1.82) is 0 Å². The van der Waals surface area contributed by atoms with Crippen molar-refractivity contribution in [3.63, 3.8) is 0 Å². The second-order valence-electron chi connectivity index (χ2n) is 26.2. The van der Waals surface area contributed by atoms with Crippen LogP contribution in [0.3, 0.4) is 0 Å². The molecule has 3 heterocycles. The zero-order valence-corrected chi connectivity index (χ0v) is 64.7. The Balaban J connectivity index is 0.000000116. The summed E-state index contributed by atoms with van der Waals surface area (Å²) < 4.78 is 6.93. The number of hydrogen-bond donors (Lipinski definition) is 0. The van der Waals surface area contributed by atoms with E-state index in [9.17, 15) is 0 Å². The summed E-state index contributed by atoms with van der Waals surface area (Å²) >= 11 is 0. The number of benzene rings is 18. The predicted molar refractivity (Wildman–Crippen MR) is 420 cm³/mol. The number of fused-ring (bicyclic) bond motifs is 21. The molecule has 0 saturated carbocycles. The van der Waals surface area contributed by atoms with Crippen molar-refractivity contribution in [1.82, 2.24) is 13.7 Å². The number of hydrogen-bond acceptors (Lipinski definition) is 0. The molecule has 0 unspecified atom stereocenters. The van der Waals surface area contributed by atoms with Crippen LogP contribution in [0.15, 0.2) is 322 Å². The minimum absolute atomic E-state index is 0. The van der Waals surface area contributed by atoms with Crippen molar-refractivity contribution in [2.75, 3.05) is 0 Å². The van der Waals surface area contributed by atoms with E-state index in [1.54, 1.807) is 0 Å². The largest absolute Gasteiger partial charge is 0.344 e. The van der Waals surface area contributed by atoms with Gasteiger partial charge in [-0.15, -0.1) is 62.6 Å². The Labute approximate surface area is 661 Å². The van der Waals surface area contributed by atoms with Gasteiger partial charge in [0.25, 0.3) is 0 Å². The van der Waals surface area contributed by atoms with Crippen LogP contribution in [0.25, 0.3) is 196 Å². The summed E-state index contributed by atoms with van der Waals surface area (Å²) in [6.45, 7) is 0. The van der Waals surface area contributed by atoms with Gasteiger partial charge in [-0.1, -0.05) is 217 Å². The van der Waals surface area contributed by atoms with Crippen molar-refractivity contribution < 1.29 is 98.1 Å². The molecule has 21 aromatic rings. The van der Waals surface area contributed by atoms with Crippen molar-refractivity contribution in [3.8, 4) is 44.5 Å². The van der Waals surface area contributed by atoms with Gasteiger partial charge in [0.15, 0.2) is 0 Å². The first-order valence-electron chi connectivity index (χ1n) is 33.7. The molecule has 0 aliphatic rings. The molecule has 0 fully saturated rings. The normalized spacial score (nSPS) is 11.5. The van der Waals surface area contributed by atoms with Crippen molar-refractivity contribution >= 4 is 152 Å². The third-order valence-corrected chi connectivity index (χ3v) is 20.9. The molecular formula is C95H62N3Y3-3. The van der Waals surface area contributed by atoms with Crippen LogP contribution >= 0.6 is 0 Å². The van der Waals surface area contributed by atoms with Crippen LogP contribution in [-0.2, 0) is 119 Å². The summed E-state index contributed by atoms with van der Waals surface area (Å²) in [4.78, 5) is 0. The molecule has 0 N–H and O–H groups in total. The van der Waals surface area contributed by atoms with Crippen LogP contribution < -0.4 is 0 Å². The van der Waals surface area contributed by atoms with Gasteiger partial charge in [0.05, 0.1) is 0 Å². The van der Waals surface area contributed by atoms with Crippen molar-refractivity contribution in [2.24, 2.45) is 21.1 Å². The number of aromatic nitrogens is 3. The molecular weight excluding hydrogens is 1450 g/mol. The van der Waals surface area contributed by atoms with Gasteiger partial charge in [-0.3, -0.25) is 0 Å². The standard InChI is InChI=1S/C33H22N.2C31H20N.3Y/c1-34-31-18-17-28(21-30(31)33-29-9-5-4-7-25(29)16-19-32(33)34)24-12-10-23(11-13-24)27-15-14-22-6-2-3-8-26(22)20-27;1-32-28-16-15-23(19-27(28)31-24-11-5-2-8-20(24)14-17-29(31)32)30-25-12-6-3-9-21(25)18-22-10-4-7-13-26(22)30;1-32-29-16-14-23(19-28(29)31-27-9-5-3-7-21(27)13-17-30(31)32)22-12-15-26-24(18-22)11-10-20-6-2-4-8-25(20)26;;;/h3-21H,1H3;2-17,19H,1H3;3-19H,1H3;;;/q3*-1;;;. The van der Waals surface area contributed by atoms with Gasteiger partial charge < -0.3 is 13.7 Å². The Bertz CT molecular complexity index is 6800. The van der Waals surface area contributed by atoms with Crippen LogP contribution in [-0.4, -0.2) is 13.7 Å². The van der Waals surface area contributed by atoms with Crippen LogP contribution in [0.5, 0.6) is 0 Å². The van der Waals surface area contributed by atoms with E-state index >= 15 is 0 Å². The Morgan fingerprint density at radius 1 is 0.218 bits per heavy atom. The molecule has 0 aliphatic carbocycles. The molecule has 101 heavy (non-hydrogen) atoms. The summed E-state index contributed by atoms with van der Waals surface area (Å²) in [7, 11) is 6.49. The van der Waals surface area contributed by atoms with Gasteiger partial charge in [0.2, 0.25) is 0 Å². The average molecular weight is 1510 g/mol. The fourth-order valence-electron chi connectivity index (χ4n) is 16.0. The Morgan fingerprint density at radius 2 is 0.554 bits per heavy atom. The van der Waals surface area contributed by atoms with E-state index in [2.05, 4.69) is 356 Å². The third-order valence-electron chi connectivity index (χ3n) is 20.9. The van der Waals surface area contributed by atoms with Crippen molar-refractivity contribution in [2.45, 2.75) is 0 Å². The second kappa shape index (κ2) is 27.3. The molecule has 0 atom stereocenters. The van der Waals surface area contributed by atoms with E-state index in [1.165, 1.54) is 185 Å². The van der Waals surface area contributed by atoms with E-state index in [0.717, 1.165) is 10.8 Å². The fourth-order valence-corrected chi connectivity index (χ4v) is 16.0.